The van der Waals surface area contributed by atoms with E-state index in [9.17, 15) is 41.9 Å². The summed E-state index contributed by atoms with van der Waals surface area (Å²) in [5, 5.41) is 13.8. The first-order valence-corrected chi connectivity index (χ1v) is 20.2. The first-order valence-electron chi connectivity index (χ1n) is 19.4. The van der Waals surface area contributed by atoms with E-state index in [0.29, 0.717) is 37.1 Å². The lowest BCUT2D eigenvalue weighted by Gasteiger charge is -2.27. The number of hydrogen-bond acceptors (Lipinski definition) is 15. The zero-order chi connectivity index (χ0) is 45.1. The largest absolute Gasteiger partial charge is 0.493 e. The van der Waals surface area contributed by atoms with E-state index in [4.69, 9.17) is 33.7 Å². The van der Waals surface area contributed by atoms with Crippen LogP contribution in [0.3, 0.4) is 0 Å². The second kappa shape index (κ2) is 21.2. The van der Waals surface area contributed by atoms with Crippen molar-refractivity contribution in [1.82, 2.24) is 15.1 Å². The molecule has 17 nitrogen and oxygen atoms in total. The molecule has 0 saturated carbocycles. The average Bonchev–Trinajstić information content (AvgIpc) is 3.67. The van der Waals surface area contributed by atoms with Crippen LogP contribution in [0.15, 0.2) is 59.5 Å². The molecular formula is C42H40F3N5O12S. The Morgan fingerprint density at radius 1 is 0.841 bits per heavy atom. The summed E-state index contributed by atoms with van der Waals surface area (Å²) in [5.74, 6) is -3.36. The van der Waals surface area contributed by atoms with Gasteiger partial charge in [0.25, 0.3) is 23.0 Å². The van der Waals surface area contributed by atoms with Crippen LogP contribution in [0.4, 0.5) is 23.7 Å². The van der Waals surface area contributed by atoms with E-state index in [-0.39, 0.29) is 92.1 Å². The zero-order valence-electron chi connectivity index (χ0n) is 33.6. The first kappa shape index (κ1) is 46.2. The minimum absolute atomic E-state index is 0.00260. The van der Waals surface area contributed by atoms with Gasteiger partial charge in [0.1, 0.15) is 11.8 Å². The van der Waals surface area contributed by atoms with Crippen molar-refractivity contribution in [3.8, 4) is 23.3 Å². The van der Waals surface area contributed by atoms with Gasteiger partial charge in [-0.05, 0) is 72.3 Å². The average molecular weight is 896 g/mol. The van der Waals surface area contributed by atoms with Crippen LogP contribution >= 0.6 is 11.8 Å². The molecule has 1 atom stereocenters. The number of piperidine rings is 1. The number of amides is 6. The number of nitrogens with one attached hydrogen (secondary N) is 2. The third-order valence-corrected chi connectivity index (χ3v) is 10.5. The van der Waals surface area contributed by atoms with E-state index in [0.717, 1.165) is 27.6 Å². The van der Waals surface area contributed by atoms with Crippen LogP contribution in [-0.2, 0) is 39.5 Å². The summed E-state index contributed by atoms with van der Waals surface area (Å²) in [7, 11) is 1.29. The van der Waals surface area contributed by atoms with Gasteiger partial charge >= 0.3 is 6.18 Å². The van der Waals surface area contributed by atoms with Crippen LogP contribution in [0.25, 0.3) is 6.08 Å². The Kier molecular flexibility index (Phi) is 15.5. The molecular weight excluding hydrogens is 856 g/mol. The van der Waals surface area contributed by atoms with Gasteiger partial charge in [0, 0.05) is 18.7 Å². The fourth-order valence-corrected chi connectivity index (χ4v) is 7.43. The number of rotatable bonds is 21. The van der Waals surface area contributed by atoms with Crippen LogP contribution in [0.5, 0.6) is 17.2 Å². The normalized spacial score (nSPS) is 17.1. The van der Waals surface area contributed by atoms with E-state index < -0.39 is 58.3 Å². The fraction of sp³-hybridized carbons (Fsp3) is 0.357. The summed E-state index contributed by atoms with van der Waals surface area (Å²) in [5.41, 5.74) is -0.124. The highest BCUT2D eigenvalue weighted by atomic mass is 32.2. The lowest BCUT2D eigenvalue weighted by Crippen LogP contribution is -2.54. The highest BCUT2D eigenvalue weighted by molar-refractivity contribution is 8.18. The molecule has 0 aromatic heterocycles. The van der Waals surface area contributed by atoms with Gasteiger partial charge in [0.2, 0.25) is 11.8 Å². The van der Waals surface area contributed by atoms with Crippen molar-refractivity contribution < 1.29 is 70.4 Å². The Bertz CT molecular complexity index is 2340. The van der Waals surface area contributed by atoms with Crippen molar-refractivity contribution in [2.75, 3.05) is 78.4 Å². The Morgan fingerprint density at radius 2 is 1.52 bits per heavy atom. The van der Waals surface area contributed by atoms with Crippen molar-refractivity contribution in [3.63, 3.8) is 0 Å². The summed E-state index contributed by atoms with van der Waals surface area (Å²) >= 11 is 0.727. The number of ether oxygens (including phenoxy) is 6. The van der Waals surface area contributed by atoms with Crippen molar-refractivity contribution >= 4 is 58.3 Å². The number of hydrogen-bond donors (Lipinski definition) is 2. The molecule has 0 radical (unpaired) electrons. The summed E-state index contributed by atoms with van der Waals surface area (Å²) in [6.45, 7) is 2.23. The maximum absolute atomic E-state index is 13.6. The molecule has 0 aliphatic carbocycles. The number of imide groups is 3. The molecule has 3 aliphatic heterocycles. The number of methoxy groups -OCH3 is 1. The predicted octanol–water partition coefficient (Wildman–Crippen LogP) is 4.99. The number of thioether (sulfide) groups is 1. The highest BCUT2D eigenvalue weighted by Crippen LogP contribution is 2.42. The molecule has 6 rings (SSSR count). The molecule has 21 heteroatoms. The van der Waals surface area contributed by atoms with E-state index in [1.807, 2.05) is 0 Å². The Labute approximate surface area is 362 Å². The molecule has 1 unspecified atom stereocenters. The zero-order valence-corrected chi connectivity index (χ0v) is 34.4. The number of halogens is 3. The lowest BCUT2D eigenvalue weighted by atomic mass is 10.0. The summed E-state index contributed by atoms with van der Waals surface area (Å²) in [4.78, 5) is 77.7. The fourth-order valence-electron chi connectivity index (χ4n) is 6.57. The molecule has 0 bridgehead atoms. The number of fused-ring (bicyclic) bond motifs is 1. The highest BCUT2D eigenvalue weighted by Gasteiger charge is 2.45. The lowest BCUT2D eigenvalue weighted by molar-refractivity contribution is -0.139. The third-order valence-electron chi connectivity index (χ3n) is 9.60. The van der Waals surface area contributed by atoms with Crippen LogP contribution in [-0.4, -0.2) is 124 Å². The Hall–Kier alpha value is -6.31. The van der Waals surface area contributed by atoms with Crippen LogP contribution in [0, 0.1) is 11.3 Å². The van der Waals surface area contributed by atoms with Crippen molar-refractivity contribution in [3.05, 3.63) is 87.3 Å². The molecule has 6 amide bonds. The number of nitrogens with zero attached hydrogens (tertiary/aromatic N) is 3. The van der Waals surface area contributed by atoms with Gasteiger partial charge in [-0.3, -0.25) is 43.9 Å². The first-order chi connectivity index (χ1) is 30.3. The van der Waals surface area contributed by atoms with Crippen molar-refractivity contribution in [1.29, 1.82) is 5.26 Å². The van der Waals surface area contributed by atoms with Gasteiger partial charge in [-0.15, -0.1) is 0 Å². The Balaban J connectivity index is 0.825. The molecule has 0 spiro atoms. The topological polar surface area (TPSA) is 212 Å². The smallest absolute Gasteiger partial charge is 0.420 e. The maximum atomic E-state index is 13.6. The summed E-state index contributed by atoms with van der Waals surface area (Å²) < 4.78 is 73.9. The quantitative estimate of drug-likeness (QED) is 0.0819. The van der Waals surface area contributed by atoms with Gasteiger partial charge in [-0.25, -0.2) is 0 Å². The number of carbonyl (C=O) groups is 6. The number of benzene rings is 3. The van der Waals surface area contributed by atoms with Crippen LogP contribution < -0.4 is 20.1 Å². The second-order valence-electron chi connectivity index (χ2n) is 13.7. The SMILES string of the molecule is COc1cc(/C=C2\SC(=O)N(CCOCCOCCOCCOCCNc3cccc4c3C(=O)N(C3CCC(=O)NC3=O)C4=O)C2=O)ccc1Oc1ccc(C#N)cc1C(F)(F)F. The van der Waals surface area contributed by atoms with Gasteiger partial charge < -0.3 is 33.7 Å². The van der Waals surface area contributed by atoms with Gasteiger partial charge in [0.15, 0.2) is 11.5 Å². The molecule has 3 heterocycles. The molecule has 3 aromatic rings. The van der Waals surface area contributed by atoms with E-state index >= 15 is 0 Å². The maximum Gasteiger partial charge on any atom is 0.420 e. The molecule has 2 fully saturated rings. The van der Waals surface area contributed by atoms with E-state index in [1.165, 1.54) is 43.5 Å². The minimum Gasteiger partial charge on any atom is -0.493 e. The minimum atomic E-state index is -4.78. The number of anilines is 1. The van der Waals surface area contributed by atoms with Crippen LogP contribution in [0.2, 0.25) is 0 Å². The molecule has 332 valence electrons. The number of carbonyl (C=O) groups excluding carboxylic acids is 6. The van der Waals surface area contributed by atoms with Gasteiger partial charge in [-0.1, -0.05) is 12.1 Å². The molecule has 3 aromatic carbocycles. The third kappa shape index (κ3) is 11.4. The van der Waals surface area contributed by atoms with Crippen molar-refractivity contribution in [2.24, 2.45) is 0 Å². The Morgan fingerprint density at radius 3 is 2.19 bits per heavy atom. The summed E-state index contributed by atoms with van der Waals surface area (Å²) in [6, 6.07) is 12.6. The summed E-state index contributed by atoms with van der Waals surface area (Å²) in [6.07, 6.45) is -3.23. The molecule has 2 saturated heterocycles. The number of nitriles is 1. The second-order valence-corrected chi connectivity index (χ2v) is 14.7. The van der Waals surface area contributed by atoms with Crippen molar-refractivity contribution in [2.45, 2.75) is 25.1 Å². The standard InChI is InChI=1S/C42H40F3N5O12S/c1-57-33-22-25(5-9-32(33)62-31-8-6-26(24-46)21-28(31)42(43,44)45)23-34-39(54)49(41(56)63-34)12-14-59-16-18-61-20-19-60-17-15-58-13-11-47-29-4-2-3-27-36(29)40(55)50(38(27)53)30-7-10-35(51)48-37(30)52/h2-6,8-9,21-23,30,47H,7,10-20H2,1H3,(H,48,51,52)/b34-23-. The predicted molar refractivity (Wildman–Crippen MR) is 217 cm³/mol. The van der Waals surface area contributed by atoms with Crippen LogP contribution in [0.1, 0.15) is 50.2 Å². The van der Waals surface area contributed by atoms with Gasteiger partial charge in [0.05, 0.1) is 99.7 Å². The van der Waals surface area contributed by atoms with E-state index in [2.05, 4.69) is 10.6 Å². The molecule has 63 heavy (non-hydrogen) atoms. The molecule has 3 aliphatic rings. The monoisotopic (exact) mass is 895 g/mol. The van der Waals surface area contributed by atoms with Gasteiger partial charge in [-0.2, -0.15) is 18.4 Å². The molecule has 2 N–H and O–H groups in total. The number of alkyl halides is 3. The van der Waals surface area contributed by atoms with E-state index in [1.54, 1.807) is 18.2 Å².